The molecule has 1 amide bonds. The molecule has 0 aliphatic carbocycles. The van der Waals surface area contributed by atoms with E-state index >= 15 is 0 Å². The van der Waals surface area contributed by atoms with Crippen molar-refractivity contribution in [2.75, 3.05) is 0 Å². The minimum absolute atomic E-state index is 0.0498. The molecule has 0 unspecified atom stereocenters. The van der Waals surface area contributed by atoms with E-state index in [1.54, 1.807) is 30.3 Å². The quantitative estimate of drug-likeness (QED) is 0.707. The molecule has 1 aromatic heterocycles. The molecule has 24 heavy (non-hydrogen) atoms. The van der Waals surface area contributed by atoms with Crippen molar-refractivity contribution in [3.8, 4) is 22.5 Å². The zero-order valence-corrected chi connectivity index (χ0v) is 14.4. The first kappa shape index (κ1) is 16.7. The Bertz CT molecular complexity index is 927. The van der Waals surface area contributed by atoms with Gasteiger partial charge in [0.1, 0.15) is 5.69 Å². The molecule has 0 saturated carbocycles. The van der Waals surface area contributed by atoms with Crippen molar-refractivity contribution in [3.63, 3.8) is 0 Å². The highest BCUT2D eigenvalue weighted by Gasteiger charge is 2.16. The SMILES string of the molecule is NC(=O)c1cnc(-c2ccc(Cl)cc2)c(-c2ccc(Cl)cc2Cl)n1. The van der Waals surface area contributed by atoms with Gasteiger partial charge >= 0.3 is 0 Å². The van der Waals surface area contributed by atoms with Crippen molar-refractivity contribution in [2.24, 2.45) is 5.73 Å². The Morgan fingerprint density at radius 3 is 2.21 bits per heavy atom. The lowest BCUT2D eigenvalue weighted by molar-refractivity contribution is 0.0995. The van der Waals surface area contributed by atoms with Crippen molar-refractivity contribution >= 4 is 40.7 Å². The zero-order valence-electron chi connectivity index (χ0n) is 12.1. The molecule has 0 saturated heterocycles. The van der Waals surface area contributed by atoms with Gasteiger partial charge in [0, 0.05) is 21.2 Å². The van der Waals surface area contributed by atoms with E-state index in [9.17, 15) is 4.79 Å². The third kappa shape index (κ3) is 3.36. The molecule has 2 N–H and O–H groups in total. The summed E-state index contributed by atoms with van der Waals surface area (Å²) in [5.74, 6) is -0.670. The molecule has 0 spiro atoms. The predicted molar refractivity (Wildman–Crippen MR) is 96.5 cm³/mol. The first-order valence-corrected chi connectivity index (χ1v) is 7.97. The summed E-state index contributed by atoms with van der Waals surface area (Å²) < 4.78 is 0. The van der Waals surface area contributed by atoms with E-state index in [0.717, 1.165) is 5.56 Å². The molecule has 3 aromatic rings. The number of nitrogens with two attached hydrogens (primary N) is 1. The summed E-state index contributed by atoms with van der Waals surface area (Å²) in [6.45, 7) is 0. The molecule has 0 radical (unpaired) electrons. The largest absolute Gasteiger partial charge is 0.364 e. The molecule has 0 bridgehead atoms. The van der Waals surface area contributed by atoms with Crippen LogP contribution in [-0.4, -0.2) is 15.9 Å². The van der Waals surface area contributed by atoms with Crippen LogP contribution in [0.1, 0.15) is 10.5 Å². The third-order valence-corrected chi connectivity index (χ3v) is 4.13. The van der Waals surface area contributed by atoms with Crippen LogP contribution in [0.2, 0.25) is 15.1 Å². The van der Waals surface area contributed by atoms with Gasteiger partial charge < -0.3 is 5.73 Å². The number of halogens is 3. The molecule has 0 atom stereocenters. The highest BCUT2D eigenvalue weighted by Crippen LogP contribution is 2.35. The second kappa shape index (κ2) is 6.77. The highest BCUT2D eigenvalue weighted by molar-refractivity contribution is 6.36. The molecule has 120 valence electrons. The van der Waals surface area contributed by atoms with E-state index in [1.165, 1.54) is 6.20 Å². The summed E-state index contributed by atoms with van der Waals surface area (Å²) in [6.07, 6.45) is 1.33. The Morgan fingerprint density at radius 2 is 1.58 bits per heavy atom. The molecule has 4 nitrogen and oxygen atoms in total. The number of primary amides is 1. The average Bonchev–Trinajstić information content (AvgIpc) is 2.55. The van der Waals surface area contributed by atoms with Crippen LogP contribution in [0, 0.1) is 0 Å². The van der Waals surface area contributed by atoms with Gasteiger partial charge in [-0.2, -0.15) is 0 Å². The Morgan fingerprint density at radius 1 is 0.917 bits per heavy atom. The second-order valence-electron chi connectivity index (χ2n) is 4.95. The number of rotatable bonds is 3. The molecule has 0 aliphatic heterocycles. The van der Waals surface area contributed by atoms with E-state index < -0.39 is 5.91 Å². The van der Waals surface area contributed by atoms with Gasteiger partial charge in [-0.05, 0) is 30.3 Å². The number of carbonyl (C=O) groups is 1. The van der Waals surface area contributed by atoms with E-state index in [0.29, 0.717) is 32.0 Å². The number of hydrogen-bond donors (Lipinski definition) is 1. The van der Waals surface area contributed by atoms with E-state index in [-0.39, 0.29) is 5.69 Å². The van der Waals surface area contributed by atoms with Crippen LogP contribution in [0.4, 0.5) is 0 Å². The standard InChI is InChI=1S/C17H10Cl3N3O/c18-10-3-1-9(2-4-10)15-16(23-14(8-22-15)17(21)24)12-6-5-11(19)7-13(12)20/h1-8H,(H2,21,24). The van der Waals surface area contributed by atoms with Gasteiger partial charge in [0.25, 0.3) is 5.91 Å². The van der Waals surface area contributed by atoms with Crippen molar-refractivity contribution in [2.45, 2.75) is 0 Å². The van der Waals surface area contributed by atoms with Crippen LogP contribution < -0.4 is 5.73 Å². The Hall–Kier alpha value is -2.14. The van der Waals surface area contributed by atoms with Gasteiger partial charge in [-0.25, -0.2) is 4.98 Å². The average molecular weight is 379 g/mol. The number of amides is 1. The van der Waals surface area contributed by atoms with Gasteiger partial charge in [0.05, 0.1) is 22.6 Å². The minimum Gasteiger partial charge on any atom is -0.364 e. The lowest BCUT2D eigenvalue weighted by atomic mass is 10.0. The maximum Gasteiger partial charge on any atom is 0.268 e. The lowest BCUT2D eigenvalue weighted by Crippen LogP contribution is -2.14. The topological polar surface area (TPSA) is 68.9 Å². The highest BCUT2D eigenvalue weighted by atomic mass is 35.5. The van der Waals surface area contributed by atoms with Crippen LogP contribution in [-0.2, 0) is 0 Å². The first-order valence-electron chi connectivity index (χ1n) is 6.84. The number of aromatic nitrogens is 2. The predicted octanol–water partition coefficient (Wildman–Crippen LogP) is 4.87. The van der Waals surface area contributed by atoms with Crippen LogP contribution in [0.5, 0.6) is 0 Å². The molecular formula is C17H10Cl3N3O. The number of benzene rings is 2. The first-order chi connectivity index (χ1) is 11.5. The van der Waals surface area contributed by atoms with Crippen molar-refractivity contribution < 1.29 is 4.79 Å². The van der Waals surface area contributed by atoms with Crippen molar-refractivity contribution in [1.82, 2.24) is 9.97 Å². The van der Waals surface area contributed by atoms with Crippen LogP contribution in [0.25, 0.3) is 22.5 Å². The van der Waals surface area contributed by atoms with Gasteiger partial charge in [0.15, 0.2) is 0 Å². The number of nitrogens with zero attached hydrogens (tertiary/aromatic N) is 2. The van der Waals surface area contributed by atoms with E-state index in [2.05, 4.69) is 9.97 Å². The second-order valence-corrected chi connectivity index (χ2v) is 6.23. The van der Waals surface area contributed by atoms with Gasteiger partial charge in [0.2, 0.25) is 0 Å². The smallest absolute Gasteiger partial charge is 0.268 e. The van der Waals surface area contributed by atoms with Crippen molar-refractivity contribution in [3.05, 3.63) is 69.4 Å². The van der Waals surface area contributed by atoms with E-state index in [1.807, 2.05) is 12.1 Å². The fourth-order valence-corrected chi connectivity index (χ4v) is 2.82. The van der Waals surface area contributed by atoms with E-state index in [4.69, 9.17) is 40.5 Å². The van der Waals surface area contributed by atoms with Crippen LogP contribution in [0.3, 0.4) is 0 Å². The van der Waals surface area contributed by atoms with Crippen LogP contribution >= 0.6 is 34.8 Å². The fraction of sp³-hybridized carbons (Fsp3) is 0. The van der Waals surface area contributed by atoms with Gasteiger partial charge in [-0.1, -0.05) is 46.9 Å². The Labute approximate surface area is 153 Å². The third-order valence-electron chi connectivity index (χ3n) is 3.33. The summed E-state index contributed by atoms with van der Waals surface area (Å²) in [6, 6.07) is 12.1. The molecule has 7 heteroatoms. The minimum atomic E-state index is -0.670. The van der Waals surface area contributed by atoms with Gasteiger partial charge in [-0.3, -0.25) is 9.78 Å². The monoisotopic (exact) mass is 377 g/mol. The molecule has 1 heterocycles. The normalized spacial score (nSPS) is 10.6. The molecule has 0 fully saturated rings. The summed E-state index contributed by atoms with van der Waals surface area (Å²) in [4.78, 5) is 20.1. The molecule has 0 aliphatic rings. The molecule has 3 rings (SSSR count). The summed E-state index contributed by atoms with van der Waals surface area (Å²) in [7, 11) is 0. The van der Waals surface area contributed by atoms with Crippen LogP contribution in [0.15, 0.2) is 48.7 Å². The number of carbonyl (C=O) groups excluding carboxylic acids is 1. The maximum atomic E-state index is 11.5. The fourth-order valence-electron chi connectivity index (χ4n) is 2.20. The zero-order chi connectivity index (χ0) is 17.3. The number of hydrogen-bond acceptors (Lipinski definition) is 3. The molecule has 2 aromatic carbocycles. The summed E-state index contributed by atoms with van der Waals surface area (Å²) in [5.41, 5.74) is 7.74. The summed E-state index contributed by atoms with van der Waals surface area (Å²) in [5, 5.41) is 1.50. The van der Waals surface area contributed by atoms with Gasteiger partial charge in [-0.15, -0.1) is 0 Å². The summed E-state index contributed by atoms with van der Waals surface area (Å²) >= 11 is 18.2. The Kier molecular flexibility index (Phi) is 4.71. The maximum absolute atomic E-state index is 11.5. The molecular weight excluding hydrogens is 369 g/mol. The Balaban J connectivity index is 2.26. The van der Waals surface area contributed by atoms with Crippen molar-refractivity contribution in [1.29, 1.82) is 0 Å². The lowest BCUT2D eigenvalue weighted by Gasteiger charge is -2.11.